The van der Waals surface area contributed by atoms with E-state index in [0.29, 0.717) is 5.75 Å². The molecule has 6 nitrogen and oxygen atoms in total. The minimum atomic E-state index is -0.871. The zero-order chi connectivity index (χ0) is 14.4. The number of methoxy groups -OCH3 is 3. The molecule has 0 aromatic heterocycles. The molecule has 6 heteroatoms. The number of para-hydroxylation sites is 1. The smallest absolute Gasteiger partial charge is 0.346 e. The Morgan fingerprint density at radius 3 is 2.32 bits per heavy atom. The lowest BCUT2D eigenvalue weighted by Gasteiger charge is -2.17. The zero-order valence-corrected chi connectivity index (χ0v) is 11.3. The summed E-state index contributed by atoms with van der Waals surface area (Å²) in [5.74, 6) is -0.652. The van der Waals surface area contributed by atoms with Crippen LogP contribution < -0.4 is 9.47 Å². The number of benzene rings is 1. The molecule has 0 bridgehead atoms. The highest BCUT2D eigenvalue weighted by molar-refractivity contribution is 5.93. The Morgan fingerprint density at radius 1 is 1.11 bits per heavy atom. The third-order valence-electron chi connectivity index (χ3n) is 2.43. The summed E-state index contributed by atoms with van der Waals surface area (Å²) in [7, 11) is 3.95. The Morgan fingerprint density at radius 2 is 1.79 bits per heavy atom. The van der Waals surface area contributed by atoms with Crippen LogP contribution in [0.25, 0.3) is 0 Å². The molecule has 1 unspecified atom stereocenters. The van der Waals surface area contributed by atoms with Gasteiger partial charge < -0.3 is 18.9 Å². The summed E-state index contributed by atoms with van der Waals surface area (Å²) in [4.78, 5) is 23.0. The summed E-state index contributed by atoms with van der Waals surface area (Å²) >= 11 is 0. The van der Waals surface area contributed by atoms with Gasteiger partial charge in [-0.25, -0.2) is 9.59 Å². The molecule has 1 aromatic rings. The molecular weight excluding hydrogens is 252 g/mol. The summed E-state index contributed by atoms with van der Waals surface area (Å²) in [6.45, 7) is 1.51. The lowest BCUT2D eigenvalue weighted by molar-refractivity contribution is -0.148. The van der Waals surface area contributed by atoms with Crippen molar-refractivity contribution in [3.63, 3.8) is 0 Å². The highest BCUT2D eigenvalue weighted by Crippen LogP contribution is 2.32. The molecule has 0 heterocycles. The van der Waals surface area contributed by atoms with Crippen molar-refractivity contribution in [3.8, 4) is 11.5 Å². The number of ether oxygens (including phenoxy) is 4. The fourth-order valence-corrected chi connectivity index (χ4v) is 1.46. The topological polar surface area (TPSA) is 71.1 Å². The van der Waals surface area contributed by atoms with Gasteiger partial charge in [0.1, 0.15) is 5.56 Å². The molecule has 0 radical (unpaired) electrons. The first kappa shape index (κ1) is 14.8. The van der Waals surface area contributed by atoms with Crippen LogP contribution >= 0.6 is 0 Å². The number of carbonyl (C=O) groups excluding carboxylic acids is 2. The number of rotatable bonds is 5. The second-order valence-electron chi connectivity index (χ2n) is 3.61. The second kappa shape index (κ2) is 6.63. The van der Waals surface area contributed by atoms with Crippen molar-refractivity contribution in [1.82, 2.24) is 0 Å². The Labute approximate surface area is 111 Å². The molecule has 1 rings (SSSR count). The molecule has 0 saturated carbocycles. The SMILES string of the molecule is COC(=O)c1cccc(OC)c1OC(C)C(=O)OC. The van der Waals surface area contributed by atoms with Crippen molar-refractivity contribution in [2.45, 2.75) is 13.0 Å². The standard InChI is InChI=1S/C13H16O6/c1-8(12(14)17-3)19-11-9(13(15)18-4)6-5-7-10(11)16-2/h5-8H,1-4H3. The van der Waals surface area contributed by atoms with Gasteiger partial charge in [0.2, 0.25) is 0 Å². The van der Waals surface area contributed by atoms with Gasteiger partial charge in [-0.05, 0) is 19.1 Å². The van der Waals surface area contributed by atoms with Gasteiger partial charge in [-0.3, -0.25) is 0 Å². The fraction of sp³-hybridized carbons (Fsp3) is 0.385. The number of hydrogen-bond acceptors (Lipinski definition) is 6. The summed E-state index contributed by atoms with van der Waals surface area (Å²) in [6.07, 6.45) is -0.871. The summed E-state index contributed by atoms with van der Waals surface area (Å²) in [6, 6.07) is 4.76. The van der Waals surface area contributed by atoms with Gasteiger partial charge in [0.15, 0.2) is 17.6 Å². The Balaban J connectivity index is 3.15. The lowest BCUT2D eigenvalue weighted by Crippen LogP contribution is -2.26. The van der Waals surface area contributed by atoms with E-state index in [1.165, 1.54) is 34.3 Å². The number of esters is 2. The molecule has 0 fully saturated rings. The maximum absolute atomic E-state index is 11.6. The fourth-order valence-electron chi connectivity index (χ4n) is 1.46. The van der Waals surface area contributed by atoms with Crippen LogP contribution in [0.3, 0.4) is 0 Å². The van der Waals surface area contributed by atoms with Crippen molar-refractivity contribution in [1.29, 1.82) is 0 Å². The summed E-state index contributed by atoms with van der Waals surface area (Å²) in [5, 5.41) is 0. The van der Waals surface area contributed by atoms with Crippen LogP contribution in [0.1, 0.15) is 17.3 Å². The van der Waals surface area contributed by atoms with E-state index in [0.717, 1.165) is 0 Å². The number of carbonyl (C=O) groups is 2. The van der Waals surface area contributed by atoms with E-state index < -0.39 is 18.0 Å². The highest BCUT2D eigenvalue weighted by Gasteiger charge is 2.23. The molecule has 0 spiro atoms. The van der Waals surface area contributed by atoms with E-state index >= 15 is 0 Å². The van der Waals surface area contributed by atoms with E-state index in [1.807, 2.05) is 0 Å². The van der Waals surface area contributed by atoms with Gasteiger partial charge in [-0.1, -0.05) is 6.07 Å². The van der Waals surface area contributed by atoms with E-state index in [1.54, 1.807) is 12.1 Å². The monoisotopic (exact) mass is 268 g/mol. The van der Waals surface area contributed by atoms with Crippen molar-refractivity contribution in [2.24, 2.45) is 0 Å². The van der Waals surface area contributed by atoms with Gasteiger partial charge in [-0.15, -0.1) is 0 Å². The third-order valence-corrected chi connectivity index (χ3v) is 2.43. The Bertz CT molecular complexity index is 468. The van der Waals surface area contributed by atoms with Gasteiger partial charge in [0.25, 0.3) is 0 Å². The average Bonchev–Trinajstić information content (AvgIpc) is 2.45. The third kappa shape index (κ3) is 3.37. The quantitative estimate of drug-likeness (QED) is 0.752. The van der Waals surface area contributed by atoms with Crippen molar-refractivity contribution in [2.75, 3.05) is 21.3 Å². The second-order valence-corrected chi connectivity index (χ2v) is 3.61. The van der Waals surface area contributed by atoms with Crippen LogP contribution in [0.4, 0.5) is 0 Å². The predicted octanol–water partition coefficient (Wildman–Crippen LogP) is 1.42. The molecule has 0 amide bonds. The molecule has 1 aromatic carbocycles. The van der Waals surface area contributed by atoms with Crippen molar-refractivity contribution < 1.29 is 28.5 Å². The lowest BCUT2D eigenvalue weighted by atomic mass is 10.2. The minimum Gasteiger partial charge on any atom is -0.493 e. The van der Waals surface area contributed by atoms with E-state index in [-0.39, 0.29) is 11.3 Å². The number of hydrogen-bond donors (Lipinski definition) is 0. The van der Waals surface area contributed by atoms with Gasteiger partial charge in [0, 0.05) is 0 Å². The minimum absolute atomic E-state index is 0.148. The molecule has 19 heavy (non-hydrogen) atoms. The van der Waals surface area contributed by atoms with E-state index in [9.17, 15) is 9.59 Å². The zero-order valence-electron chi connectivity index (χ0n) is 11.3. The van der Waals surface area contributed by atoms with E-state index in [2.05, 4.69) is 9.47 Å². The first-order valence-electron chi connectivity index (χ1n) is 5.55. The molecule has 0 aliphatic rings. The van der Waals surface area contributed by atoms with Crippen LogP contribution in [-0.2, 0) is 14.3 Å². The molecule has 1 atom stereocenters. The molecular formula is C13H16O6. The van der Waals surface area contributed by atoms with Crippen LogP contribution in [0.15, 0.2) is 18.2 Å². The molecule has 0 aliphatic heterocycles. The molecule has 0 aliphatic carbocycles. The van der Waals surface area contributed by atoms with E-state index in [4.69, 9.17) is 9.47 Å². The maximum Gasteiger partial charge on any atom is 0.346 e. The van der Waals surface area contributed by atoms with Crippen LogP contribution in [0.2, 0.25) is 0 Å². The maximum atomic E-state index is 11.6. The van der Waals surface area contributed by atoms with Crippen molar-refractivity contribution >= 4 is 11.9 Å². The Kier molecular flexibility index (Phi) is 5.17. The normalized spacial score (nSPS) is 11.4. The summed E-state index contributed by atoms with van der Waals surface area (Å²) in [5.41, 5.74) is 0.178. The van der Waals surface area contributed by atoms with Crippen LogP contribution in [0, 0.1) is 0 Å². The predicted molar refractivity (Wildman–Crippen MR) is 66.4 cm³/mol. The van der Waals surface area contributed by atoms with Gasteiger partial charge in [-0.2, -0.15) is 0 Å². The Hall–Kier alpha value is -2.24. The first-order valence-corrected chi connectivity index (χ1v) is 5.55. The van der Waals surface area contributed by atoms with Crippen LogP contribution in [-0.4, -0.2) is 39.4 Å². The largest absolute Gasteiger partial charge is 0.493 e. The molecule has 0 saturated heterocycles. The average molecular weight is 268 g/mol. The van der Waals surface area contributed by atoms with Gasteiger partial charge in [0.05, 0.1) is 21.3 Å². The first-order chi connectivity index (χ1) is 9.04. The van der Waals surface area contributed by atoms with Gasteiger partial charge >= 0.3 is 11.9 Å². The van der Waals surface area contributed by atoms with Crippen LogP contribution in [0.5, 0.6) is 11.5 Å². The molecule has 104 valence electrons. The van der Waals surface area contributed by atoms with Crippen molar-refractivity contribution in [3.05, 3.63) is 23.8 Å². The molecule has 0 N–H and O–H groups in total. The summed E-state index contributed by atoms with van der Waals surface area (Å²) < 4.78 is 19.8. The highest BCUT2D eigenvalue weighted by atomic mass is 16.6.